The van der Waals surface area contributed by atoms with E-state index in [1.54, 1.807) is 18.6 Å². The van der Waals surface area contributed by atoms with Gasteiger partial charge in [0, 0.05) is 27.2 Å². The van der Waals surface area contributed by atoms with Gasteiger partial charge in [0.05, 0.1) is 12.8 Å². The van der Waals surface area contributed by atoms with Crippen molar-refractivity contribution in [3.05, 3.63) is 57.9 Å². The average Bonchev–Trinajstić information content (AvgIpc) is 2.48. The van der Waals surface area contributed by atoms with Crippen LogP contribution in [0.5, 0.6) is 0 Å². The molecular weight excluding hydrogens is 367 g/mol. The number of nitrogens with zero attached hydrogens (tertiary/aromatic N) is 2. The monoisotopic (exact) mass is 380 g/mol. The van der Waals surface area contributed by atoms with Gasteiger partial charge in [-0.25, -0.2) is 5.43 Å². The Balaban J connectivity index is 1.76. The minimum Gasteiger partial charge on any atom is -0.376 e. The van der Waals surface area contributed by atoms with Crippen LogP contribution in [0.3, 0.4) is 0 Å². The van der Waals surface area contributed by atoms with E-state index < -0.39 is 0 Å². The minimum atomic E-state index is -0.205. The molecule has 5 nitrogen and oxygen atoms in total. The van der Waals surface area contributed by atoms with Gasteiger partial charge in [-0.05, 0) is 52.9 Å². The van der Waals surface area contributed by atoms with Crippen molar-refractivity contribution >= 4 is 40.4 Å². The molecule has 1 heterocycles. The number of hydrogen-bond donors (Lipinski definition) is 2. The number of carbonyl (C=O) groups excluding carboxylic acids is 1. The molecule has 0 saturated heterocycles. The van der Waals surface area contributed by atoms with E-state index in [4.69, 9.17) is 0 Å². The summed E-state index contributed by atoms with van der Waals surface area (Å²) in [7, 11) is 0. The lowest BCUT2D eigenvalue weighted by molar-refractivity contribution is -0.119. The van der Waals surface area contributed by atoms with Gasteiger partial charge in [-0.1, -0.05) is 6.07 Å². The van der Waals surface area contributed by atoms with Crippen molar-refractivity contribution in [3.8, 4) is 0 Å². The summed E-state index contributed by atoms with van der Waals surface area (Å²) in [4.78, 5) is 15.5. The molecule has 0 aliphatic rings. The Hall–Kier alpha value is -1.96. The highest BCUT2D eigenvalue weighted by Gasteiger charge is 1.99. The van der Waals surface area contributed by atoms with Crippen LogP contribution in [0.1, 0.15) is 5.56 Å². The van der Waals surface area contributed by atoms with Gasteiger partial charge in [-0.2, -0.15) is 5.10 Å². The minimum absolute atomic E-state index is 0.172. The first-order chi connectivity index (χ1) is 9.74. The van der Waals surface area contributed by atoms with Gasteiger partial charge in [0.2, 0.25) is 0 Å². The smallest absolute Gasteiger partial charge is 0.259 e. The number of hydrogen-bond acceptors (Lipinski definition) is 4. The Morgan fingerprint density at radius 3 is 2.80 bits per heavy atom. The maximum Gasteiger partial charge on any atom is 0.259 e. The van der Waals surface area contributed by atoms with Crippen LogP contribution in [0.25, 0.3) is 0 Å². The first kappa shape index (κ1) is 14.4. The summed E-state index contributed by atoms with van der Waals surface area (Å²) in [5, 5.41) is 6.88. The highest BCUT2D eigenvalue weighted by Crippen LogP contribution is 2.10. The summed E-state index contributed by atoms with van der Waals surface area (Å²) in [5.41, 5.74) is 4.18. The normalized spacial score (nSPS) is 10.4. The third-order valence-electron chi connectivity index (χ3n) is 2.38. The second kappa shape index (κ2) is 7.59. The molecule has 20 heavy (non-hydrogen) atoms. The maximum atomic E-state index is 11.6. The zero-order chi connectivity index (χ0) is 14.2. The molecule has 0 spiro atoms. The van der Waals surface area contributed by atoms with Gasteiger partial charge in [0.15, 0.2) is 0 Å². The first-order valence-corrected chi connectivity index (χ1v) is 7.03. The van der Waals surface area contributed by atoms with Crippen LogP contribution in [0.15, 0.2) is 53.9 Å². The van der Waals surface area contributed by atoms with Crippen molar-refractivity contribution in [1.29, 1.82) is 0 Å². The molecule has 1 amide bonds. The molecule has 0 radical (unpaired) electrons. The average molecular weight is 380 g/mol. The Labute approximate surface area is 130 Å². The molecule has 2 rings (SSSR count). The Kier molecular flexibility index (Phi) is 5.48. The first-order valence-electron chi connectivity index (χ1n) is 5.95. The number of hydrazone groups is 1. The fourth-order valence-electron chi connectivity index (χ4n) is 1.42. The van der Waals surface area contributed by atoms with Crippen LogP contribution in [-0.2, 0) is 4.79 Å². The zero-order valence-corrected chi connectivity index (χ0v) is 12.7. The van der Waals surface area contributed by atoms with Crippen LogP contribution < -0.4 is 10.7 Å². The lowest BCUT2D eigenvalue weighted by atomic mass is 10.3. The number of pyridine rings is 1. The number of carbonyl (C=O) groups is 1. The molecule has 0 aliphatic heterocycles. The van der Waals surface area contributed by atoms with E-state index in [-0.39, 0.29) is 12.5 Å². The van der Waals surface area contributed by atoms with Gasteiger partial charge in [0.1, 0.15) is 0 Å². The lowest BCUT2D eigenvalue weighted by Gasteiger charge is -2.04. The number of aromatic nitrogens is 1. The number of amides is 1. The quantitative estimate of drug-likeness (QED) is 0.475. The topological polar surface area (TPSA) is 66.4 Å². The molecule has 6 heteroatoms. The Bertz CT molecular complexity index is 584. The summed E-state index contributed by atoms with van der Waals surface area (Å²) in [5.74, 6) is -0.205. The van der Waals surface area contributed by atoms with Crippen LogP contribution in [0.2, 0.25) is 0 Å². The fourth-order valence-corrected chi connectivity index (χ4v) is 1.78. The van der Waals surface area contributed by atoms with E-state index in [1.165, 1.54) is 0 Å². The fraction of sp³-hybridized carbons (Fsp3) is 0.0714. The number of rotatable bonds is 5. The zero-order valence-electron chi connectivity index (χ0n) is 10.6. The number of nitrogens with one attached hydrogen (secondary N) is 2. The Morgan fingerprint density at radius 2 is 2.10 bits per heavy atom. The highest BCUT2D eigenvalue weighted by molar-refractivity contribution is 14.1. The lowest BCUT2D eigenvalue weighted by Crippen LogP contribution is -2.25. The van der Waals surface area contributed by atoms with Crippen LogP contribution >= 0.6 is 22.6 Å². The van der Waals surface area contributed by atoms with Crippen molar-refractivity contribution < 1.29 is 4.79 Å². The van der Waals surface area contributed by atoms with Gasteiger partial charge in [-0.15, -0.1) is 0 Å². The highest BCUT2D eigenvalue weighted by atomic mass is 127. The molecule has 2 aromatic rings. The second-order valence-electron chi connectivity index (χ2n) is 3.94. The van der Waals surface area contributed by atoms with Crippen molar-refractivity contribution in [2.75, 3.05) is 11.9 Å². The molecule has 0 saturated carbocycles. The van der Waals surface area contributed by atoms with Crippen LogP contribution in [-0.4, -0.2) is 23.7 Å². The third-order valence-corrected chi connectivity index (χ3v) is 3.10. The largest absolute Gasteiger partial charge is 0.376 e. The molecule has 0 bridgehead atoms. The second-order valence-corrected chi connectivity index (χ2v) is 5.19. The molecule has 2 N–H and O–H groups in total. The standard InChI is InChI=1S/C14H13IN4O/c15-12-3-5-13(6-4-12)17-10-14(20)19-18-9-11-2-1-7-16-8-11/h1-9,17H,10H2,(H,19,20)/b18-9+. The van der Waals surface area contributed by atoms with Gasteiger partial charge in [-0.3, -0.25) is 9.78 Å². The van der Waals surface area contributed by atoms with Crippen LogP contribution in [0, 0.1) is 3.57 Å². The molecular formula is C14H13IN4O. The van der Waals surface area contributed by atoms with Gasteiger partial charge in [0.25, 0.3) is 5.91 Å². The summed E-state index contributed by atoms with van der Waals surface area (Å²) in [6.07, 6.45) is 4.90. The van der Waals surface area contributed by atoms with Crippen LogP contribution in [0.4, 0.5) is 5.69 Å². The van der Waals surface area contributed by atoms with Gasteiger partial charge < -0.3 is 5.32 Å². The predicted octanol–water partition coefficient (Wildman–Crippen LogP) is 2.25. The predicted molar refractivity (Wildman–Crippen MR) is 87.6 cm³/mol. The van der Waals surface area contributed by atoms with E-state index in [0.29, 0.717) is 0 Å². The number of anilines is 1. The Morgan fingerprint density at radius 1 is 1.30 bits per heavy atom. The van der Waals surface area contributed by atoms with Crippen molar-refractivity contribution in [2.24, 2.45) is 5.10 Å². The van der Waals surface area contributed by atoms with Crippen molar-refractivity contribution in [2.45, 2.75) is 0 Å². The summed E-state index contributed by atoms with van der Waals surface area (Å²) in [6.45, 7) is 0.172. The van der Waals surface area contributed by atoms with E-state index in [2.05, 4.69) is 43.4 Å². The molecule has 1 aromatic heterocycles. The van der Waals surface area contributed by atoms with Gasteiger partial charge >= 0.3 is 0 Å². The van der Waals surface area contributed by atoms with Crippen molar-refractivity contribution in [3.63, 3.8) is 0 Å². The number of halogens is 1. The van der Waals surface area contributed by atoms with E-state index >= 15 is 0 Å². The molecule has 0 fully saturated rings. The maximum absolute atomic E-state index is 11.6. The van der Waals surface area contributed by atoms with E-state index in [1.807, 2.05) is 36.4 Å². The molecule has 0 atom stereocenters. The molecule has 0 aliphatic carbocycles. The summed E-state index contributed by atoms with van der Waals surface area (Å²) in [6, 6.07) is 11.5. The SMILES string of the molecule is O=C(CNc1ccc(I)cc1)N/N=C/c1cccnc1. The summed E-state index contributed by atoms with van der Waals surface area (Å²) >= 11 is 2.23. The molecule has 0 unspecified atom stereocenters. The van der Waals surface area contributed by atoms with E-state index in [9.17, 15) is 4.79 Å². The van der Waals surface area contributed by atoms with E-state index in [0.717, 1.165) is 14.8 Å². The van der Waals surface area contributed by atoms with Crippen molar-refractivity contribution in [1.82, 2.24) is 10.4 Å². The molecule has 102 valence electrons. The summed E-state index contributed by atoms with van der Waals surface area (Å²) < 4.78 is 1.15. The number of benzene rings is 1. The molecule has 1 aromatic carbocycles. The third kappa shape index (κ3) is 4.96.